The molecule has 0 atom stereocenters. The third-order valence-electron chi connectivity index (χ3n) is 0.275. The first kappa shape index (κ1) is 11.2. The highest BCUT2D eigenvalue weighted by Crippen LogP contribution is 1.69. The predicted molar refractivity (Wildman–Crippen MR) is 40.5 cm³/mol. The van der Waals surface area contributed by atoms with Gasteiger partial charge in [0.1, 0.15) is 5.70 Å². The Morgan fingerprint density at radius 3 is 2.00 bits per heavy atom. The molecule has 0 rings (SSSR count). The second kappa shape index (κ2) is 7.36. The lowest BCUT2D eigenvalue weighted by Crippen LogP contribution is -2.06. The second-order valence-corrected chi connectivity index (χ2v) is 1.78. The zero-order valence-corrected chi connectivity index (χ0v) is 6.19. The van der Waals surface area contributed by atoms with Gasteiger partial charge in [-0.2, -0.15) is 12.6 Å². The number of aliphatic carboxylic acids is 1. The Kier molecular flexibility index (Phi) is 9.16. The van der Waals surface area contributed by atoms with E-state index in [-0.39, 0.29) is 5.70 Å². The minimum atomic E-state index is -1.16. The van der Waals surface area contributed by atoms with Gasteiger partial charge in [-0.25, -0.2) is 4.79 Å². The summed E-state index contributed by atoms with van der Waals surface area (Å²) in [5, 5.41) is 7.77. The lowest BCUT2D eigenvalue weighted by atomic mass is 10.5. The van der Waals surface area contributed by atoms with Crippen LogP contribution in [0.3, 0.4) is 0 Å². The zero-order valence-electron chi connectivity index (χ0n) is 5.29. The van der Waals surface area contributed by atoms with E-state index in [0.717, 1.165) is 5.75 Å². The van der Waals surface area contributed by atoms with E-state index in [1.807, 2.05) is 6.92 Å². The Bertz CT molecular complexity index is 91.1. The van der Waals surface area contributed by atoms with Gasteiger partial charge in [-0.05, 0) is 5.75 Å². The maximum absolute atomic E-state index is 9.47. The topological polar surface area (TPSA) is 63.3 Å². The van der Waals surface area contributed by atoms with Gasteiger partial charge in [0.05, 0.1) is 0 Å². The normalized spacial score (nSPS) is 6.89. The predicted octanol–water partition coefficient (Wildman–Crippen LogP) is 0.480. The van der Waals surface area contributed by atoms with Crippen molar-refractivity contribution in [1.82, 2.24) is 0 Å². The van der Waals surface area contributed by atoms with Gasteiger partial charge < -0.3 is 10.8 Å². The second-order valence-electron chi connectivity index (χ2n) is 1.15. The van der Waals surface area contributed by atoms with Crippen molar-refractivity contribution in [3.63, 3.8) is 0 Å². The number of hydrogen-bond acceptors (Lipinski definition) is 3. The molecule has 4 heteroatoms. The van der Waals surface area contributed by atoms with Crippen molar-refractivity contribution in [2.24, 2.45) is 5.73 Å². The van der Waals surface area contributed by atoms with E-state index in [2.05, 4.69) is 24.9 Å². The summed E-state index contributed by atoms with van der Waals surface area (Å²) < 4.78 is 0. The molecule has 0 bridgehead atoms. The first-order valence-corrected chi connectivity index (χ1v) is 2.98. The van der Waals surface area contributed by atoms with E-state index in [4.69, 9.17) is 5.11 Å². The zero-order chi connectivity index (χ0) is 7.86. The van der Waals surface area contributed by atoms with Crippen LogP contribution in [0.5, 0.6) is 0 Å². The average Bonchev–Trinajstić information content (AvgIpc) is 1.68. The van der Waals surface area contributed by atoms with Crippen LogP contribution in [-0.2, 0) is 4.79 Å². The van der Waals surface area contributed by atoms with Gasteiger partial charge in [-0.3, -0.25) is 0 Å². The van der Waals surface area contributed by atoms with Crippen LogP contribution in [0.1, 0.15) is 6.92 Å². The molecule has 0 heterocycles. The minimum Gasteiger partial charge on any atom is -0.477 e. The monoisotopic (exact) mass is 149 g/mol. The average molecular weight is 149 g/mol. The summed E-state index contributed by atoms with van der Waals surface area (Å²) in [5.41, 5.74) is 4.32. The van der Waals surface area contributed by atoms with E-state index in [9.17, 15) is 4.79 Å². The van der Waals surface area contributed by atoms with Gasteiger partial charge in [0, 0.05) is 0 Å². The maximum atomic E-state index is 9.47. The highest BCUT2D eigenvalue weighted by Gasteiger charge is 1.91. The Balaban J connectivity index is 0. The molecule has 0 radical (unpaired) electrons. The van der Waals surface area contributed by atoms with Crippen LogP contribution in [0.4, 0.5) is 0 Å². The quantitative estimate of drug-likeness (QED) is 0.375. The van der Waals surface area contributed by atoms with Crippen LogP contribution >= 0.6 is 12.6 Å². The molecule has 0 aromatic rings. The van der Waals surface area contributed by atoms with Crippen molar-refractivity contribution < 1.29 is 9.90 Å². The van der Waals surface area contributed by atoms with Crippen LogP contribution in [0.25, 0.3) is 0 Å². The van der Waals surface area contributed by atoms with Crippen LogP contribution in [-0.4, -0.2) is 16.8 Å². The van der Waals surface area contributed by atoms with Gasteiger partial charge in [-0.15, -0.1) is 0 Å². The highest BCUT2D eigenvalue weighted by atomic mass is 32.1. The van der Waals surface area contributed by atoms with Gasteiger partial charge in [0.15, 0.2) is 0 Å². The molecule has 0 saturated heterocycles. The summed E-state index contributed by atoms with van der Waals surface area (Å²) in [6.45, 7) is 4.92. The number of carboxylic acid groups (broad SMARTS) is 1. The fourth-order valence-corrected chi connectivity index (χ4v) is 0. The Labute approximate surface area is 60.0 Å². The lowest BCUT2D eigenvalue weighted by molar-refractivity contribution is -0.132. The van der Waals surface area contributed by atoms with Gasteiger partial charge >= 0.3 is 5.97 Å². The molecule has 0 unspecified atom stereocenters. The molecule has 0 aliphatic carbocycles. The molecule has 3 N–H and O–H groups in total. The molecule has 54 valence electrons. The summed E-state index contributed by atoms with van der Waals surface area (Å²) in [4.78, 5) is 9.47. The van der Waals surface area contributed by atoms with E-state index in [0.29, 0.717) is 0 Å². The van der Waals surface area contributed by atoms with Crippen molar-refractivity contribution in [2.45, 2.75) is 6.92 Å². The molecule has 0 aromatic heterocycles. The van der Waals surface area contributed by atoms with Crippen LogP contribution in [0.15, 0.2) is 12.3 Å². The molecule has 0 aliphatic heterocycles. The van der Waals surface area contributed by atoms with Crippen LogP contribution < -0.4 is 5.73 Å². The van der Waals surface area contributed by atoms with Crippen molar-refractivity contribution in [2.75, 3.05) is 5.75 Å². The molecule has 0 saturated carbocycles. The van der Waals surface area contributed by atoms with Gasteiger partial charge in [0.25, 0.3) is 0 Å². The van der Waals surface area contributed by atoms with E-state index >= 15 is 0 Å². The molecule has 9 heavy (non-hydrogen) atoms. The molecule has 0 amide bonds. The highest BCUT2D eigenvalue weighted by molar-refractivity contribution is 7.80. The third-order valence-corrected chi connectivity index (χ3v) is 0.275. The maximum Gasteiger partial charge on any atom is 0.351 e. The SMILES string of the molecule is C=C(N)C(=O)O.CCS. The summed E-state index contributed by atoms with van der Waals surface area (Å²) in [5.74, 6) is -0.213. The number of carboxylic acids is 1. The molecule has 0 aromatic carbocycles. The summed E-state index contributed by atoms with van der Waals surface area (Å²) in [6.07, 6.45) is 0. The van der Waals surface area contributed by atoms with Crippen LogP contribution in [0.2, 0.25) is 0 Å². The number of thiol groups is 1. The smallest absolute Gasteiger partial charge is 0.351 e. The Morgan fingerprint density at radius 1 is 1.89 bits per heavy atom. The van der Waals surface area contributed by atoms with Gasteiger partial charge in [-0.1, -0.05) is 13.5 Å². The molecule has 0 fully saturated rings. The number of rotatable bonds is 1. The van der Waals surface area contributed by atoms with Crippen molar-refractivity contribution in [1.29, 1.82) is 0 Å². The van der Waals surface area contributed by atoms with Crippen LogP contribution in [0, 0.1) is 0 Å². The van der Waals surface area contributed by atoms with Crippen molar-refractivity contribution in [3.8, 4) is 0 Å². The third kappa shape index (κ3) is 18.7. The van der Waals surface area contributed by atoms with Crippen molar-refractivity contribution in [3.05, 3.63) is 12.3 Å². The molecular formula is C5H11NO2S. The fraction of sp³-hybridized carbons (Fsp3) is 0.400. The van der Waals surface area contributed by atoms with E-state index < -0.39 is 5.97 Å². The standard InChI is InChI=1S/C3H5NO2.C2H6S/c1-2(4)3(5)6;1-2-3/h1,4H2,(H,5,6);3H,2H2,1H3. The Hall–Kier alpha value is -0.640. The molecule has 3 nitrogen and oxygen atoms in total. The van der Waals surface area contributed by atoms with Crippen molar-refractivity contribution >= 4 is 18.6 Å². The number of nitrogens with two attached hydrogens (primary N) is 1. The minimum absolute atomic E-state index is 0.324. The molecular weight excluding hydrogens is 138 g/mol. The Morgan fingerprint density at radius 2 is 2.00 bits per heavy atom. The number of hydrogen-bond donors (Lipinski definition) is 3. The van der Waals surface area contributed by atoms with E-state index in [1.54, 1.807) is 0 Å². The van der Waals surface area contributed by atoms with Gasteiger partial charge in [0.2, 0.25) is 0 Å². The first-order chi connectivity index (χ1) is 4.06. The molecule has 0 spiro atoms. The summed E-state index contributed by atoms with van der Waals surface area (Å²) in [6, 6.07) is 0. The number of carbonyl (C=O) groups is 1. The fourth-order valence-electron chi connectivity index (χ4n) is 0. The van der Waals surface area contributed by atoms with E-state index in [1.165, 1.54) is 0 Å². The summed E-state index contributed by atoms with van der Waals surface area (Å²) in [7, 11) is 0. The first-order valence-electron chi connectivity index (χ1n) is 2.34. The summed E-state index contributed by atoms with van der Waals surface area (Å²) >= 11 is 3.79. The largest absolute Gasteiger partial charge is 0.477 e. The lowest BCUT2D eigenvalue weighted by Gasteiger charge is -1.81. The molecule has 0 aliphatic rings.